The summed E-state index contributed by atoms with van der Waals surface area (Å²) in [6.07, 6.45) is 3.39. The summed E-state index contributed by atoms with van der Waals surface area (Å²) in [6.45, 7) is 2.14. The molecule has 1 aromatic carbocycles. The molecule has 0 aliphatic heterocycles. The average molecular weight is 223 g/mol. The van der Waals surface area contributed by atoms with Gasteiger partial charge in [-0.3, -0.25) is 0 Å². The third-order valence-electron chi connectivity index (χ3n) is 2.30. The van der Waals surface area contributed by atoms with Crippen LogP contribution in [0.25, 0.3) is 0 Å². The summed E-state index contributed by atoms with van der Waals surface area (Å²) in [7, 11) is 0. The second kappa shape index (κ2) is 6.00. The van der Waals surface area contributed by atoms with Crippen LogP contribution in [-0.4, -0.2) is 11.2 Å². The lowest BCUT2D eigenvalue weighted by molar-refractivity contribution is 0.209. The van der Waals surface area contributed by atoms with E-state index in [-0.39, 0.29) is 11.5 Å². The third-order valence-corrected chi connectivity index (χ3v) is 2.30. The van der Waals surface area contributed by atoms with Crippen LogP contribution in [-0.2, 0) is 6.42 Å². The number of benzene rings is 1. The highest BCUT2D eigenvalue weighted by atomic mass is 16.6. The number of amides is 1. The summed E-state index contributed by atoms with van der Waals surface area (Å²) < 4.78 is 4.68. The molecule has 0 saturated heterocycles. The van der Waals surface area contributed by atoms with Crippen molar-refractivity contribution in [2.75, 3.05) is 0 Å². The van der Waals surface area contributed by atoms with Crippen LogP contribution in [0.1, 0.15) is 31.7 Å². The highest BCUT2D eigenvalue weighted by Gasteiger charge is 2.06. The van der Waals surface area contributed by atoms with Gasteiger partial charge in [0.05, 0.1) is 0 Å². The molecule has 0 aliphatic carbocycles. The predicted molar refractivity (Wildman–Crippen MR) is 61.5 cm³/mol. The van der Waals surface area contributed by atoms with Crippen molar-refractivity contribution in [3.05, 3.63) is 23.8 Å². The molecule has 4 heteroatoms. The van der Waals surface area contributed by atoms with Crippen molar-refractivity contribution in [1.29, 1.82) is 0 Å². The Morgan fingerprint density at radius 1 is 1.44 bits per heavy atom. The van der Waals surface area contributed by atoms with Crippen molar-refractivity contribution in [3.63, 3.8) is 0 Å². The normalized spacial score (nSPS) is 10.1. The molecule has 88 valence electrons. The van der Waals surface area contributed by atoms with Crippen molar-refractivity contribution >= 4 is 6.09 Å². The Kier molecular flexibility index (Phi) is 4.64. The summed E-state index contributed by atoms with van der Waals surface area (Å²) in [5.74, 6) is 0.0551. The molecular formula is C12H17NO3. The number of carbonyl (C=O) groups excluding carboxylic acids is 1. The Morgan fingerprint density at radius 2 is 2.19 bits per heavy atom. The number of unbranched alkanes of at least 4 members (excludes halogenated alkanes) is 2. The predicted octanol–water partition coefficient (Wildman–Crippen LogP) is 2.58. The Morgan fingerprint density at radius 3 is 2.81 bits per heavy atom. The molecule has 0 aliphatic rings. The molecule has 0 bridgehead atoms. The Labute approximate surface area is 95.0 Å². The lowest BCUT2D eigenvalue weighted by Crippen LogP contribution is -2.16. The van der Waals surface area contributed by atoms with Crippen LogP contribution >= 0.6 is 0 Å². The minimum Gasteiger partial charge on any atom is -0.504 e. The molecule has 1 rings (SSSR count). The van der Waals surface area contributed by atoms with Crippen LogP contribution in [0.4, 0.5) is 4.79 Å². The number of aryl methyl sites for hydroxylation is 1. The molecule has 16 heavy (non-hydrogen) atoms. The van der Waals surface area contributed by atoms with Crippen molar-refractivity contribution in [3.8, 4) is 11.5 Å². The fraction of sp³-hybridized carbons (Fsp3) is 0.417. The fourth-order valence-electron chi connectivity index (χ4n) is 1.48. The van der Waals surface area contributed by atoms with E-state index < -0.39 is 6.09 Å². The molecule has 0 aromatic heterocycles. The van der Waals surface area contributed by atoms with Gasteiger partial charge in [-0.25, -0.2) is 4.79 Å². The molecule has 0 atom stereocenters. The minimum absolute atomic E-state index is 0.0713. The maximum absolute atomic E-state index is 10.6. The lowest BCUT2D eigenvalue weighted by Gasteiger charge is -2.06. The van der Waals surface area contributed by atoms with Crippen LogP contribution in [0.15, 0.2) is 18.2 Å². The second-order valence-electron chi connectivity index (χ2n) is 3.68. The average Bonchev–Trinajstić information content (AvgIpc) is 2.22. The molecule has 0 saturated carbocycles. The molecule has 0 heterocycles. The quantitative estimate of drug-likeness (QED) is 0.753. The van der Waals surface area contributed by atoms with Crippen LogP contribution in [0, 0.1) is 0 Å². The number of phenols is 1. The van der Waals surface area contributed by atoms with Gasteiger partial charge >= 0.3 is 6.09 Å². The fourth-order valence-corrected chi connectivity index (χ4v) is 1.48. The maximum Gasteiger partial charge on any atom is 0.410 e. The van der Waals surface area contributed by atoms with Gasteiger partial charge in [0, 0.05) is 0 Å². The molecule has 0 radical (unpaired) electrons. The Balaban J connectivity index is 2.69. The Bertz CT molecular complexity index is 363. The molecule has 0 fully saturated rings. The summed E-state index contributed by atoms with van der Waals surface area (Å²) >= 11 is 0. The van der Waals surface area contributed by atoms with Gasteiger partial charge in [0.1, 0.15) is 0 Å². The number of primary amides is 1. The van der Waals surface area contributed by atoms with Gasteiger partial charge in [-0.15, -0.1) is 0 Å². The molecule has 1 amide bonds. The number of aromatic hydroxyl groups is 1. The van der Waals surface area contributed by atoms with Gasteiger partial charge in [-0.1, -0.05) is 25.8 Å². The van der Waals surface area contributed by atoms with E-state index in [1.165, 1.54) is 6.07 Å². The largest absolute Gasteiger partial charge is 0.504 e. The van der Waals surface area contributed by atoms with Gasteiger partial charge in [0.25, 0.3) is 0 Å². The summed E-state index contributed by atoms with van der Waals surface area (Å²) in [5, 5.41) is 9.42. The standard InChI is InChI=1S/C12H17NO3/c1-2-3-4-5-9-6-7-10(14)11(8-9)16-12(13)15/h6-8,14H,2-5H2,1H3,(H2,13,15). The number of phenolic OH excluding ortho intramolecular Hbond substituents is 1. The van der Waals surface area contributed by atoms with E-state index in [0.717, 1.165) is 31.2 Å². The summed E-state index contributed by atoms with van der Waals surface area (Å²) in [6, 6.07) is 4.98. The molecule has 0 spiro atoms. The number of hydrogen-bond donors (Lipinski definition) is 2. The first-order chi connectivity index (χ1) is 7.63. The first kappa shape index (κ1) is 12.4. The van der Waals surface area contributed by atoms with E-state index in [2.05, 4.69) is 11.7 Å². The second-order valence-corrected chi connectivity index (χ2v) is 3.68. The molecule has 3 N–H and O–H groups in total. The highest BCUT2D eigenvalue weighted by Crippen LogP contribution is 2.27. The van der Waals surface area contributed by atoms with E-state index in [9.17, 15) is 9.90 Å². The molecule has 0 unspecified atom stereocenters. The SMILES string of the molecule is CCCCCc1ccc(O)c(OC(N)=O)c1. The summed E-state index contributed by atoms with van der Waals surface area (Å²) in [4.78, 5) is 10.6. The van der Waals surface area contributed by atoms with Gasteiger partial charge in [0.2, 0.25) is 0 Å². The number of hydrogen-bond acceptors (Lipinski definition) is 3. The number of carbonyl (C=O) groups is 1. The zero-order valence-electron chi connectivity index (χ0n) is 9.40. The zero-order chi connectivity index (χ0) is 12.0. The monoisotopic (exact) mass is 223 g/mol. The van der Waals surface area contributed by atoms with E-state index in [4.69, 9.17) is 5.73 Å². The van der Waals surface area contributed by atoms with Crippen LogP contribution in [0.2, 0.25) is 0 Å². The third kappa shape index (κ3) is 3.81. The van der Waals surface area contributed by atoms with E-state index in [1.54, 1.807) is 6.07 Å². The van der Waals surface area contributed by atoms with Gasteiger partial charge in [-0.05, 0) is 30.5 Å². The molecule has 1 aromatic rings. The Hall–Kier alpha value is -1.71. The van der Waals surface area contributed by atoms with Crippen LogP contribution < -0.4 is 10.5 Å². The van der Waals surface area contributed by atoms with Crippen LogP contribution in [0.3, 0.4) is 0 Å². The van der Waals surface area contributed by atoms with Crippen LogP contribution in [0.5, 0.6) is 11.5 Å². The van der Waals surface area contributed by atoms with Gasteiger partial charge in [-0.2, -0.15) is 0 Å². The number of rotatable bonds is 5. The maximum atomic E-state index is 10.6. The smallest absolute Gasteiger partial charge is 0.410 e. The van der Waals surface area contributed by atoms with Crippen molar-refractivity contribution in [2.45, 2.75) is 32.6 Å². The molecule has 4 nitrogen and oxygen atoms in total. The minimum atomic E-state index is -0.916. The topological polar surface area (TPSA) is 72.6 Å². The zero-order valence-corrected chi connectivity index (χ0v) is 9.40. The van der Waals surface area contributed by atoms with Gasteiger partial charge in [0.15, 0.2) is 11.5 Å². The summed E-state index contributed by atoms with van der Waals surface area (Å²) in [5.41, 5.74) is 5.92. The number of ether oxygens (including phenoxy) is 1. The van der Waals surface area contributed by atoms with Gasteiger partial charge < -0.3 is 15.6 Å². The van der Waals surface area contributed by atoms with E-state index in [1.807, 2.05) is 6.07 Å². The van der Waals surface area contributed by atoms with Crippen molar-refractivity contribution in [1.82, 2.24) is 0 Å². The van der Waals surface area contributed by atoms with E-state index in [0.29, 0.717) is 0 Å². The lowest BCUT2D eigenvalue weighted by atomic mass is 10.1. The van der Waals surface area contributed by atoms with E-state index >= 15 is 0 Å². The first-order valence-electron chi connectivity index (χ1n) is 5.42. The highest BCUT2D eigenvalue weighted by molar-refractivity contribution is 5.69. The number of nitrogens with two attached hydrogens (primary N) is 1. The van der Waals surface area contributed by atoms with Crippen molar-refractivity contribution < 1.29 is 14.6 Å². The first-order valence-corrected chi connectivity index (χ1v) is 5.42. The molecular weight excluding hydrogens is 206 g/mol. The van der Waals surface area contributed by atoms with Crippen molar-refractivity contribution in [2.24, 2.45) is 5.73 Å².